The summed E-state index contributed by atoms with van der Waals surface area (Å²) in [5.74, 6) is 0.110. The fraction of sp³-hybridized carbons (Fsp3) is 0.526. The van der Waals surface area contributed by atoms with Gasteiger partial charge in [-0.3, -0.25) is 4.79 Å². The summed E-state index contributed by atoms with van der Waals surface area (Å²) in [5, 5.41) is 4.20. The number of benzene rings is 1. The highest BCUT2D eigenvalue weighted by molar-refractivity contribution is 5.97. The third-order valence-electron chi connectivity index (χ3n) is 5.68. The van der Waals surface area contributed by atoms with Crippen molar-refractivity contribution in [2.24, 2.45) is 5.92 Å². The van der Waals surface area contributed by atoms with Crippen LogP contribution in [0.4, 0.5) is 4.39 Å². The standard InChI is InChI=1S/C19H23FN2O2/c20-14-1-2-17-15(11-14)16(12-22-17)19(5-7-21-8-6-19)18(23)13-3-9-24-10-4-13/h1-2,11-13,21-22H,3-10H2. The summed E-state index contributed by atoms with van der Waals surface area (Å²) in [6, 6.07) is 4.77. The summed E-state index contributed by atoms with van der Waals surface area (Å²) in [6.45, 7) is 2.95. The van der Waals surface area contributed by atoms with Crippen molar-refractivity contribution in [2.45, 2.75) is 31.1 Å². The van der Waals surface area contributed by atoms with Gasteiger partial charge < -0.3 is 15.0 Å². The number of rotatable bonds is 3. The van der Waals surface area contributed by atoms with Crippen LogP contribution in [0.25, 0.3) is 10.9 Å². The summed E-state index contributed by atoms with van der Waals surface area (Å²) >= 11 is 0. The highest BCUT2D eigenvalue weighted by atomic mass is 19.1. The summed E-state index contributed by atoms with van der Waals surface area (Å²) in [7, 11) is 0. The monoisotopic (exact) mass is 330 g/mol. The largest absolute Gasteiger partial charge is 0.381 e. The number of carbonyl (C=O) groups is 1. The Bertz CT molecular complexity index is 743. The topological polar surface area (TPSA) is 54.1 Å². The minimum atomic E-state index is -0.515. The molecule has 2 N–H and O–H groups in total. The first-order valence-corrected chi connectivity index (χ1v) is 8.81. The molecule has 2 aliphatic rings. The Kier molecular flexibility index (Phi) is 4.14. The smallest absolute Gasteiger partial charge is 0.146 e. The van der Waals surface area contributed by atoms with Crippen molar-refractivity contribution in [3.8, 4) is 0 Å². The molecule has 0 radical (unpaired) electrons. The minimum absolute atomic E-state index is 0.0513. The fourth-order valence-corrected chi connectivity index (χ4v) is 4.34. The van der Waals surface area contributed by atoms with E-state index < -0.39 is 5.41 Å². The lowest BCUT2D eigenvalue weighted by molar-refractivity contribution is -0.132. The Morgan fingerprint density at radius 2 is 1.96 bits per heavy atom. The first-order chi connectivity index (χ1) is 11.7. The van der Waals surface area contributed by atoms with E-state index in [0.717, 1.165) is 55.2 Å². The Balaban J connectivity index is 1.80. The predicted molar refractivity (Wildman–Crippen MR) is 90.6 cm³/mol. The number of aromatic nitrogens is 1. The Labute approximate surface area is 140 Å². The quantitative estimate of drug-likeness (QED) is 0.910. The molecular weight excluding hydrogens is 307 g/mol. The number of halogens is 1. The molecule has 5 heteroatoms. The average Bonchev–Trinajstić information content (AvgIpc) is 3.06. The SMILES string of the molecule is O=C(C1CCOCC1)C1(c2c[nH]c3ccc(F)cc23)CCNCC1. The van der Waals surface area contributed by atoms with E-state index in [9.17, 15) is 9.18 Å². The van der Waals surface area contributed by atoms with E-state index in [1.54, 1.807) is 12.1 Å². The first-order valence-electron chi connectivity index (χ1n) is 8.81. The van der Waals surface area contributed by atoms with Gasteiger partial charge in [-0.25, -0.2) is 4.39 Å². The molecule has 2 fully saturated rings. The molecule has 0 atom stereocenters. The summed E-state index contributed by atoms with van der Waals surface area (Å²) < 4.78 is 19.2. The number of hydrogen-bond acceptors (Lipinski definition) is 3. The molecule has 4 nitrogen and oxygen atoms in total. The highest BCUT2D eigenvalue weighted by Gasteiger charge is 2.45. The van der Waals surface area contributed by atoms with Crippen LogP contribution in [0.2, 0.25) is 0 Å². The van der Waals surface area contributed by atoms with E-state index in [1.807, 2.05) is 6.20 Å². The molecule has 2 aliphatic heterocycles. The van der Waals surface area contributed by atoms with Gasteiger partial charge in [-0.2, -0.15) is 0 Å². The van der Waals surface area contributed by atoms with Crippen LogP contribution in [0.3, 0.4) is 0 Å². The molecule has 0 amide bonds. The number of piperidine rings is 1. The zero-order valence-electron chi connectivity index (χ0n) is 13.7. The Morgan fingerprint density at radius 3 is 2.71 bits per heavy atom. The van der Waals surface area contributed by atoms with Crippen LogP contribution < -0.4 is 5.32 Å². The second kappa shape index (κ2) is 6.30. The van der Waals surface area contributed by atoms with Crippen molar-refractivity contribution in [1.82, 2.24) is 10.3 Å². The third-order valence-corrected chi connectivity index (χ3v) is 5.68. The van der Waals surface area contributed by atoms with Crippen LogP contribution in [0.5, 0.6) is 0 Å². The lowest BCUT2D eigenvalue weighted by Crippen LogP contribution is -2.48. The number of ether oxygens (including phenoxy) is 1. The van der Waals surface area contributed by atoms with Gasteiger partial charge in [0.05, 0.1) is 5.41 Å². The summed E-state index contributed by atoms with van der Waals surface area (Å²) in [5.41, 5.74) is 1.35. The molecule has 4 rings (SSSR count). The number of ketones is 1. The molecular formula is C19H23FN2O2. The third kappa shape index (κ3) is 2.56. The van der Waals surface area contributed by atoms with Gasteiger partial charge in [-0.1, -0.05) is 0 Å². The number of H-pyrrole nitrogens is 1. The maximum atomic E-state index is 13.8. The van der Waals surface area contributed by atoms with Crippen molar-refractivity contribution in [2.75, 3.05) is 26.3 Å². The lowest BCUT2D eigenvalue weighted by atomic mass is 9.66. The summed E-state index contributed by atoms with van der Waals surface area (Å²) in [6.07, 6.45) is 5.06. The van der Waals surface area contributed by atoms with Crippen molar-refractivity contribution in [3.05, 3.63) is 35.8 Å². The van der Waals surface area contributed by atoms with Crippen LogP contribution in [0.15, 0.2) is 24.4 Å². The zero-order chi connectivity index (χ0) is 16.6. The second-order valence-corrected chi connectivity index (χ2v) is 6.98. The number of nitrogens with one attached hydrogen (secondary N) is 2. The second-order valence-electron chi connectivity index (χ2n) is 6.98. The number of fused-ring (bicyclic) bond motifs is 1. The highest BCUT2D eigenvalue weighted by Crippen LogP contribution is 2.42. The van der Waals surface area contributed by atoms with E-state index in [2.05, 4.69) is 10.3 Å². The average molecular weight is 330 g/mol. The van der Waals surface area contributed by atoms with Crippen molar-refractivity contribution >= 4 is 16.7 Å². The molecule has 0 aliphatic carbocycles. The molecule has 0 unspecified atom stereocenters. The lowest BCUT2D eigenvalue weighted by Gasteiger charge is -2.39. The molecule has 0 saturated carbocycles. The minimum Gasteiger partial charge on any atom is -0.381 e. The Hall–Kier alpha value is -1.72. The van der Waals surface area contributed by atoms with Crippen LogP contribution in [0.1, 0.15) is 31.2 Å². The van der Waals surface area contributed by atoms with Crippen LogP contribution in [-0.2, 0) is 14.9 Å². The van der Waals surface area contributed by atoms with Gasteiger partial charge >= 0.3 is 0 Å². The van der Waals surface area contributed by atoms with E-state index in [4.69, 9.17) is 4.74 Å². The van der Waals surface area contributed by atoms with Gasteiger partial charge in [0.15, 0.2) is 0 Å². The van der Waals surface area contributed by atoms with Gasteiger partial charge in [0.25, 0.3) is 0 Å². The number of hydrogen-bond donors (Lipinski definition) is 2. The van der Waals surface area contributed by atoms with Crippen LogP contribution in [-0.4, -0.2) is 37.1 Å². The Morgan fingerprint density at radius 1 is 1.21 bits per heavy atom. The van der Waals surface area contributed by atoms with Gasteiger partial charge in [0.2, 0.25) is 0 Å². The van der Waals surface area contributed by atoms with Crippen LogP contribution >= 0.6 is 0 Å². The molecule has 2 aromatic rings. The first kappa shape index (κ1) is 15.8. The van der Waals surface area contributed by atoms with Crippen molar-refractivity contribution in [1.29, 1.82) is 0 Å². The molecule has 2 saturated heterocycles. The summed E-state index contributed by atoms with van der Waals surface area (Å²) in [4.78, 5) is 16.7. The fourth-order valence-electron chi connectivity index (χ4n) is 4.34. The molecule has 128 valence electrons. The molecule has 0 spiro atoms. The number of Topliss-reactive ketones (excluding diaryl/α,β-unsaturated/α-hetero) is 1. The van der Waals surface area contributed by atoms with Gasteiger partial charge in [-0.15, -0.1) is 0 Å². The van der Waals surface area contributed by atoms with Gasteiger partial charge in [0.1, 0.15) is 11.6 Å². The molecule has 1 aromatic carbocycles. The van der Waals surface area contributed by atoms with Crippen LogP contribution in [0, 0.1) is 11.7 Å². The van der Waals surface area contributed by atoms with Crippen molar-refractivity contribution in [3.63, 3.8) is 0 Å². The normalized spacial score (nSPS) is 21.9. The zero-order valence-corrected chi connectivity index (χ0v) is 13.7. The van der Waals surface area contributed by atoms with E-state index >= 15 is 0 Å². The van der Waals surface area contributed by atoms with E-state index in [-0.39, 0.29) is 11.7 Å². The maximum absolute atomic E-state index is 13.8. The van der Waals surface area contributed by atoms with Crippen molar-refractivity contribution < 1.29 is 13.9 Å². The predicted octanol–water partition coefficient (Wildman–Crippen LogP) is 2.92. The van der Waals surface area contributed by atoms with Gasteiger partial charge in [0, 0.05) is 36.2 Å². The molecule has 3 heterocycles. The van der Waals surface area contributed by atoms with E-state index in [0.29, 0.717) is 19.0 Å². The maximum Gasteiger partial charge on any atom is 0.146 e. The number of aromatic amines is 1. The van der Waals surface area contributed by atoms with E-state index in [1.165, 1.54) is 6.07 Å². The molecule has 1 aromatic heterocycles. The molecule has 24 heavy (non-hydrogen) atoms. The number of carbonyl (C=O) groups excluding carboxylic acids is 1. The van der Waals surface area contributed by atoms with Gasteiger partial charge in [-0.05, 0) is 62.5 Å². The molecule has 0 bridgehead atoms.